The molecule has 0 bridgehead atoms. The molecule has 0 saturated heterocycles. The average Bonchev–Trinajstić information content (AvgIpc) is 3.72. The second-order valence-electron chi connectivity index (χ2n) is 10.3. The summed E-state index contributed by atoms with van der Waals surface area (Å²) in [5, 5.41) is 4.50. The predicted octanol–water partition coefficient (Wildman–Crippen LogP) is 10.5. The lowest BCUT2D eigenvalue weighted by atomic mass is 10.0. The predicted molar refractivity (Wildman–Crippen MR) is 166 cm³/mol. The van der Waals surface area contributed by atoms with E-state index in [0.717, 1.165) is 77.9 Å². The summed E-state index contributed by atoms with van der Waals surface area (Å²) in [4.78, 5) is 7.26. The lowest BCUT2D eigenvalue weighted by molar-refractivity contribution is 0.590. The Bertz CT molecular complexity index is 2230. The van der Waals surface area contributed by atoms with Crippen molar-refractivity contribution in [2.24, 2.45) is 0 Å². The Kier molecular flexibility index (Phi) is 4.58. The fourth-order valence-corrected chi connectivity index (χ4v) is 6.26. The molecule has 0 radical (unpaired) electrons. The van der Waals surface area contributed by atoms with Crippen LogP contribution < -0.4 is 4.90 Å². The number of fused-ring (bicyclic) bond motifs is 6. The van der Waals surface area contributed by atoms with Crippen molar-refractivity contribution in [3.8, 4) is 34.0 Å². The summed E-state index contributed by atoms with van der Waals surface area (Å²) in [6.45, 7) is 0. The maximum absolute atomic E-state index is 6.51. The van der Waals surface area contributed by atoms with Gasteiger partial charge in [-0.05, 0) is 48.5 Å². The van der Waals surface area contributed by atoms with Gasteiger partial charge < -0.3 is 13.7 Å². The first kappa shape index (κ1) is 22.2. The molecule has 41 heavy (non-hydrogen) atoms. The van der Waals surface area contributed by atoms with Gasteiger partial charge in [0, 0.05) is 43.9 Å². The first-order chi connectivity index (χ1) is 20.3. The van der Waals surface area contributed by atoms with Gasteiger partial charge in [0.25, 0.3) is 0 Å². The fraction of sp³-hybridized carbons (Fsp3) is 0. The zero-order valence-corrected chi connectivity index (χ0v) is 21.9. The molecule has 4 nitrogen and oxygen atoms in total. The van der Waals surface area contributed by atoms with Gasteiger partial charge >= 0.3 is 0 Å². The van der Waals surface area contributed by atoms with Crippen molar-refractivity contribution in [1.29, 1.82) is 0 Å². The molecule has 0 spiro atoms. The minimum absolute atomic E-state index is 0.643. The van der Waals surface area contributed by atoms with E-state index < -0.39 is 0 Å². The van der Waals surface area contributed by atoms with Gasteiger partial charge in [-0.15, -0.1) is 0 Å². The molecular weight excluding hydrogens is 504 g/mol. The van der Waals surface area contributed by atoms with Crippen LogP contribution >= 0.6 is 0 Å². The van der Waals surface area contributed by atoms with E-state index in [1.807, 2.05) is 48.5 Å². The second-order valence-corrected chi connectivity index (χ2v) is 10.3. The fourth-order valence-electron chi connectivity index (χ4n) is 6.26. The van der Waals surface area contributed by atoms with Crippen LogP contribution in [0.5, 0.6) is 0 Å². The molecule has 0 unspecified atom stereocenters. The van der Waals surface area contributed by atoms with Gasteiger partial charge in [0.2, 0.25) is 5.89 Å². The number of benzene rings is 6. The van der Waals surface area contributed by atoms with Crippen LogP contribution in [-0.4, -0.2) is 4.98 Å². The second kappa shape index (κ2) is 8.44. The third-order valence-corrected chi connectivity index (χ3v) is 8.04. The molecule has 0 amide bonds. The third kappa shape index (κ3) is 3.19. The molecule has 1 aliphatic carbocycles. The van der Waals surface area contributed by atoms with E-state index in [9.17, 15) is 0 Å². The van der Waals surface area contributed by atoms with Crippen LogP contribution in [0.3, 0.4) is 0 Å². The van der Waals surface area contributed by atoms with Crippen LogP contribution in [0, 0.1) is 0 Å². The molecule has 6 aromatic carbocycles. The zero-order chi connectivity index (χ0) is 26.9. The molecule has 2 heterocycles. The third-order valence-electron chi connectivity index (χ3n) is 8.04. The highest BCUT2D eigenvalue weighted by Crippen LogP contribution is 2.52. The highest BCUT2D eigenvalue weighted by molar-refractivity contribution is 6.18. The number of hydrogen-bond acceptors (Lipinski definition) is 4. The van der Waals surface area contributed by atoms with Crippen molar-refractivity contribution in [2.75, 3.05) is 4.90 Å². The Morgan fingerprint density at radius 3 is 2.12 bits per heavy atom. The first-order valence-corrected chi connectivity index (χ1v) is 13.7. The Morgan fingerprint density at radius 2 is 1.24 bits per heavy atom. The number of anilines is 3. The topological polar surface area (TPSA) is 42.4 Å². The minimum Gasteiger partial charge on any atom is -0.454 e. The monoisotopic (exact) mass is 526 g/mol. The molecule has 4 heteroatoms. The Balaban J connectivity index is 1.29. The number of aromatic nitrogens is 1. The van der Waals surface area contributed by atoms with Crippen molar-refractivity contribution < 1.29 is 8.83 Å². The van der Waals surface area contributed by atoms with Gasteiger partial charge in [-0.3, -0.25) is 0 Å². The lowest BCUT2D eigenvalue weighted by Gasteiger charge is -2.27. The van der Waals surface area contributed by atoms with Gasteiger partial charge in [0.1, 0.15) is 11.3 Å². The SMILES string of the molecule is c1ccc(-c2nc3c(o2)-c2cccc4c(N(c5ccccc5)c5cccc6c5oc5ccccc56)ccc-3c24)cc1. The number of furan rings is 1. The zero-order valence-electron chi connectivity index (χ0n) is 21.9. The summed E-state index contributed by atoms with van der Waals surface area (Å²) in [7, 11) is 0. The summed E-state index contributed by atoms with van der Waals surface area (Å²) in [6, 6.07) is 46.0. The molecule has 1 aliphatic rings. The van der Waals surface area contributed by atoms with Crippen molar-refractivity contribution in [3.63, 3.8) is 0 Å². The van der Waals surface area contributed by atoms with Crippen LogP contribution in [-0.2, 0) is 0 Å². The standard InChI is InChI=1S/C37H22N2O2/c1-3-11-23(12-4-1)37-38-34-28-21-22-30(27-17-9-18-29(33(27)28)36(34)41-37)39(24-13-5-2-6-14-24)31-19-10-16-26-25-15-7-8-20-32(25)40-35(26)31/h1-22H. The molecule has 0 aliphatic heterocycles. The molecule has 8 aromatic rings. The lowest BCUT2D eigenvalue weighted by Crippen LogP contribution is -2.10. The largest absolute Gasteiger partial charge is 0.454 e. The van der Waals surface area contributed by atoms with Gasteiger partial charge in [0.15, 0.2) is 11.3 Å². The van der Waals surface area contributed by atoms with Gasteiger partial charge in [-0.25, -0.2) is 4.98 Å². The van der Waals surface area contributed by atoms with Gasteiger partial charge in [-0.2, -0.15) is 0 Å². The van der Waals surface area contributed by atoms with E-state index in [1.165, 1.54) is 0 Å². The molecule has 0 N–H and O–H groups in total. The highest BCUT2D eigenvalue weighted by Gasteiger charge is 2.30. The molecular formula is C37H22N2O2. The molecule has 0 fully saturated rings. The molecule has 9 rings (SSSR count). The summed E-state index contributed by atoms with van der Waals surface area (Å²) >= 11 is 0. The van der Waals surface area contributed by atoms with E-state index >= 15 is 0 Å². The molecule has 0 atom stereocenters. The number of hydrogen-bond donors (Lipinski definition) is 0. The van der Waals surface area contributed by atoms with E-state index in [2.05, 4.69) is 89.8 Å². The van der Waals surface area contributed by atoms with E-state index in [0.29, 0.717) is 5.89 Å². The van der Waals surface area contributed by atoms with Crippen molar-refractivity contribution in [1.82, 2.24) is 4.98 Å². The van der Waals surface area contributed by atoms with Crippen molar-refractivity contribution >= 4 is 49.8 Å². The maximum atomic E-state index is 6.51. The molecule has 192 valence electrons. The average molecular weight is 527 g/mol. The normalized spacial score (nSPS) is 11.9. The maximum Gasteiger partial charge on any atom is 0.227 e. The van der Waals surface area contributed by atoms with E-state index in [4.69, 9.17) is 13.8 Å². The summed E-state index contributed by atoms with van der Waals surface area (Å²) < 4.78 is 12.9. The Morgan fingerprint density at radius 1 is 0.512 bits per heavy atom. The van der Waals surface area contributed by atoms with Gasteiger partial charge in [0.05, 0.1) is 11.4 Å². The molecule has 2 aromatic heterocycles. The minimum atomic E-state index is 0.643. The van der Waals surface area contributed by atoms with Crippen LogP contribution in [0.1, 0.15) is 0 Å². The number of nitrogens with zero attached hydrogens (tertiary/aromatic N) is 2. The number of oxazole rings is 1. The quantitative estimate of drug-likeness (QED) is 0.229. The number of para-hydroxylation sites is 3. The van der Waals surface area contributed by atoms with Crippen LogP contribution in [0.2, 0.25) is 0 Å². The van der Waals surface area contributed by atoms with Crippen LogP contribution in [0.15, 0.2) is 142 Å². The molecule has 0 saturated carbocycles. The van der Waals surface area contributed by atoms with Crippen molar-refractivity contribution in [2.45, 2.75) is 0 Å². The summed E-state index contributed by atoms with van der Waals surface area (Å²) in [5.41, 5.74) is 8.89. The Labute approximate surface area is 235 Å². The summed E-state index contributed by atoms with van der Waals surface area (Å²) in [5.74, 6) is 1.47. The summed E-state index contributed by atoms with van der Waals surface area (Å²) in [6.07, 6.45) is 0. The number of rotatable bonds is 4. The van der Waals surface area contributed by atoms with E-state index in [-0.39, 0.29) is 0 Å². The van der Waals surface area contributed by atoms with Gasteiger partial charge in [-0.1, -0.05) is 84.9 Å². The highest BCUT2D eigenvalue weighted by atomic mass is 16.4. The van der Waals surface area contributed by atoms with Crippen LogP contribution in [0.4, 0.5) is 17.1 Å². The first-order valence-electron chi connectivity index (χ1n) is 13.7. The smallest absolute Gasteiger partial charge is 0.227 e. The van der Waals surface area contributed by atoms with Crippen molar-refractivity contribution in [3.05, 3.63) is 133 Å². The van der Waals surface area contributed by atoms with Crippen LogP contribution in [0.25, 0.3) is 66.7 Å². The van der Waals surface area contributed by atoms with E-state index in [1.54, 1.807) is 0 Å². The Hall–Kier alpha value is -5.61.